The van der Waals surface area contributed by atoms with Crippen LogP contribution in [0.3, 0.4) is 0 Å². The molecule has 0 aromatic rings. The zero-order chi connectivity index (χ0) is 11.7. The summed E-state index contributed by atoms with van der Waals surface area (Å²) < 4.78 is 0. The van der Waals surface area contributed by atoms with Gasteiger partial charge in [-0.25, -0.2) is 0 Å². The summed E-state index contributed by atoms with van der Waals surface area (Å²) in [6.45, 7) is 13.1. The van der Waals surface area contributed by atoms with Crippen molar-refractivity contribution in [3.8, 4) is 6.07 Å². The van der Waals surface area contributed by atoms with Gasteiger partial charge in [0, 0.05) is 30.2 Å². The number of hydrogen-bond acceptors (Lipinski definition) is 3. The maximum atomic E-state index is 8.77. The van der Waals surface area contributed by atoms with Crippen LogP contribution in [0.4, 0.5) is 0 Å². The number of nitriles is 1. The molecule has 1 rings (SSSR count). The van der Waals surface area contributed by atoms with Crippen molar-refractivity contribution >= 4 is 0 Å². The lowest BCUT2D eigenvalue weighted by Gasteiger charge is -2.48. The second-order valence-corrected chi connectivity index (χ2v) is 6.14. The van der Waals surface area contributed by atoms with E-state index in [1.54, 1.807) is 0 Å². The minimum atomic E-state index is 0.104. The first-order valence-corrected chi connectivity index (χ1v) is 5.64. The fraction of sp³-hybridized carbons (Fsp3) is 0.917. The summed E-state index contributed by atoms with van der Waals surface area (Å²) in [5.41, 5.74) is 0.292. The van der Waals surface area contributed by atoms with Crippen molar-refractivity contribution < 1.29 is 0 Å². The number of rotatable bonds is 1. The van der Waals surface area contributed by atoms with Gasteiger partial charge in [-0.1, -0.05) is 0 Å². The summed E-state index contributed by atoms with van der Waals surface area (Å²) in [5.74, 6) is 0. The minimum Gasteiger partial charge on any atom is -0.305 e. The van der Waals surface area contributed by atoms with E-state index >= 15 is 0 Å². The van der Waals surface area contributed by atoms with Crippen LogP contribution in [-0.4, -0.2) is 35.1 Å². The smallest absolute Gasteiger partial charge is 0.0638 e. The summed E-state index contributed by atoms with van der Waals surface area (Å²) in [4.78, 5) is 2.46. The molecule has 0 bridgehead atoms. The van der Waals surface area contributed by atoms with Gasteiger partial charge in [-0.05, 0) is 34.6 Å². The van der Waals surface area contributed by atoms with Gasteiger partial charge in [-0.2, -0.15) is 5.26 Å². The Hall–Kier alpha value is -0.590. The first-order valence-electron chi connectivity index (χ1n) is 5.64. The maximum absolute atomic E-state index is 8.77. The van der Waals surface area contributed by atoms with Gasteiger partial charge in [-0.15, -0.1) is 0 Å². The molecule has 3 nitrogen and oxygen atoms in total. The van der Waals surface area contributed by atoms with Crippen LogP contribution in [0.2, 0.25) is 0 Å². The van der Waals surface area contributed by atoms with Gasteiger partial charge < -0.3 is 5.32 Å². The van der Waals surface area contributed by atoms with Crippen LogP contribution in [0, 0.1) is 11.3 Å². The maximum Gasteiger partial charge on any atom is 0.0638 e. The Balaban J connectivity index is 2.73. The van der Waals surface area contributed by atoms with Crippen molar-refractivity contribution in [1.82, 2.24) is 10.2 Å². The van der Waals surface area contributed by atoms with Crippen molar-refractivity contribution in [1.29, 1.82) is 5.26 Å². The molecule has 1 atom stereocenters. The number of nitrogens with one attached hydrogen (secondary N) is 1. The highest BCUT2D eigenvalue weighted by molar-refractivity contribution is 4.98. The van der Waals surface area contributed by atoms with Crippen molar-refractivity contribution in [3.63, 3.8) is 0 Å². The first kappa shape index (κ1) is 12.5. The van der Waals surface area contributed by atoms with Gasteiger partial charge in [0.05, 0.1) is 12.5 Å². The molecule has 0 spiro atoms. The van der Waals surface area contributed by atoms with Crippen molar-refractivity contribution in [3.05, 3.63) is 0 Å². The van der Waals surface area contributed by atoms with E-state index in [2.05, 4.69) is 50.9 Å². The summed E-state index contributed by atoms with van der Waals surface area (Å²) >= 11 is 0. The lowest BCUT2D eigenvalue weighted by molar-refractivity contribution is 0.0449. The molecule has 3 heteroatoms. The summed E-state index contributed by atoms with van der Waals surface area (Å²) in [5, 5.41) is 12.3. The zero-order valence-electron chi connectivity index (χ0n) is 10.6. The van der Waals surface area contributed by atoms with Gasteiger partial charge in [0.1, 0.15) is 0 Å². The molecule has 0 amide bonds. The van der Waals surface area contributed by atoms with E-state index in [-0.39, 0.29) is 11.1 Å². The van der Waals surface area contributed by atoms with Gasteiger partial charge in [0.15, 0.2) is 0 Å². The fourth-order valence-corrected chi connectivity index (χ4v) is 2.19. The molecule has 1 N–H and O–H groups in total. The van der Waals surface area contributed by atoms with Gasteiger partial charge >= 0.3 is 0 Å². The molecule has 1 aliphatic rings. The van der Waals surface area contributed by atoms with Crippen molar-refractivity contribution in [2.24, 2.45) is 0 Å². The highest BCUT2D eigenvalue weighted by Crippen LogP contribution is 2.22. The molecule has 0 aromatic heterocycles. The predicted molar refractivity (Wildman–Crippen MR) is 62.6 cm³/mol. The molecular weight excluding hydrogens is 186 g/mol. The van der Waals surface area contributed by atoms with E-state index in [0.29, 0.717) is 12.5 Å². The second kappa shape index (κ2) is 4.11. The van der Waals surface area contributed by atoms with E-state index in [4.69, 9.17) is 5.26 Å². The molecule has 15 heavy (non-hydrogen) atoms. The van der Waals surface area contributed by atoms with E-state index < -0.39 is 0 Å². The molecule has 86 valence electrons. The average Bonchev–Trinajstić information content (AvgIpc) is 1.99. The zero-order valence-corrected chi connectivity index (χ0v) is 10.6. The van der Waals surface area contributed by atoms with Crippen LogP contribution in [0.25, 0.3) is 0 Å². The standard InChI is InChI=1S/C12H23N3/c1-11(2,3)15-8-10(6-7-13)14-12(4,5)9-15/h10,14H,6,8-9H2,1-5H3. The Kier molecular flexibility index (Phi) is 3.42. The summed E-state index contributed by atoms with van der Waals surface area (Å²) in [6, 6.07) is 2.56. The molecule has 1 heterocycles. The third-order valence-corrected chi connectivity index (χ3v) is 2.91. The lowest BCUT2D eigenvalue weighted by atomic mass is 9.93. The van der Waals surface area contributed by atoms with Crippen LogP contribution in [0.1, 0.15) is 41.0 Å². The van der Waals surface area contributed by atoms with E-state index in [1.807, 2.05) is 0 Å². The largest absolute Gasteiger partial charge is 0.305 e. The summed E-state index contributed by atoms with van der Waals surface area (Å²) in [7, 11) is 0. The van der Waals surface area contributed by atoms with E-state index in [0.717, 1.165) is 13.1 Å². The lowest BCUT2D eigenvalue weighted by Crippen LogP contribution is -2.65. The topological polar surface area (TPSA) is 39.1 Å². The Morgan fingerprint density at radius 3 is 2.53 bits per heavy atom. The quantitative estimate of drug-likeness (QED) is 0.715. The van der Waals surface area contributed by atoms with Crippen LogP contribution in [0.15, 0.2) is 0 Å². The van der Waals surface area contributed by atoms with Crippen LogP contribution >= 0.6 is 0 Å². The molecule has 1 unspecified atom stereocenters. The Morgan fingerprint density at radius 2 is 2.07 bits per heavy atom. The minimum absolute atomic E-state index is 0.104. The molecule has 0 aliphatic carbocycles. The molecule has 1 aliphatic heterocycles. The van der Waals surface area contributed by atoms with Crippen LogP contribution in [0.5, 0.6) is 0 Å². The van der Waals surface area contributed by atoms with Gasteiger partial charge in [0.25, 0.3) is 0 Å². The monoisotopic (exact) mass is 209 g/mol. The number of hydrogen-bond donors (Lipinski definition) is 1. The predicted octanol–water partition coefficient (Wildman–Crippen LogP) is 1.75. The molecule has 0 aromatic carbocycles. The third-order valence-electron chi connectivity index (χ3n) is 2.91. The fourth-order valence-electron chi connectivity index (χ4n) is 2.19. The number of nitrogens with zero attached hydrogens (tertiary/aromatic N) is 2. The molecular formula is C12H23N3. The SMILES string of the molecule is CC1(C)CN(C(C)(C)C)CC(CC#N)N1. The van der Waals surface area contributed by atoms with Gasteiger partial charge in [0.2, 0.25) is 0 Å². The average molecular weight is 209 g/mol. The van der Waals surface area contributed by atoms with Gasteiger partial charge in [-0.3, -0.25) is 4.90 Å². The highest BCUT2D eigenvalue weighted by Gasteiger charge is 2.36. The van der Waals surface area contributed by atoms with E-state index in [9.17, 15) is 0 Å². The van der Waals surface area contributed by atoms with E-state index in [1.165, 1.54) is 0 Å². The Morgan fingerprint density at radius 1 is 1.47 bits per heavy atom. The molecule has 1 fully saturated rings. The Bertz CT molecular complexity index is 257. The Labute approximate surface area is 93.5 Å². The van der Waals surface area contributed by atoms with Crippen molar-refractivity contribution in [2.75, 3.05) is 13.1 Å². The molecule has 1 saturated heterocycles. The van der Waals surface area contributed by atoms with Crippen LogP contribution in [-0.2, 0) is 0 Å². The van der Waals surface area contributed by atoms with Crippen molar-refractivity contribution in [2.45, 2.75) is 58.2 Å². The third kappa shape index (κ3) is 3.48. The molecule has 0 radical (unpaired) electrons. The molecule has 0 saturated carbocycles. The summed E-state index contributed by atoms with van der Waals surface area (Å²) in [6.07, 6.45) is 0.593. The first-order chi connectivity index (χ1) is 6.74. The normalized spacial score (nSPS) is 27.3. The highest BCUT2D eigenvalue weighted by atomic mass is 15.3. The second-order valence-electron chi connectivity index (χ2n) is 6.14. The van der Waals surface area contributed by atoms with Crippen LogP contribution < -0.4 is 5.32 Å². The number of piperazine rings is 1.